The normalized spacial score (nSPS) is 10.3. The van der Waals surface area contributed by atoms with Crippen LogP contribution in [0.3, 0.4) is 0 Å². The quantitative estimate of drug-likeness (QED) is 0.777. The molecule has 0 heterocycles. The molecule has 0 radical (unpaired) electrons. The third kappa shape index (κ3) is 3.38. The Morgan fingerprint density at radius 3 is 2.73 bits per heavy atom. The van der Waals surface area contributed by atoms with E-state index in [0.29, 0.717) is 6.07 Å². The Hall–Kier alpha value is -1.91. The first-order valence-electron chi connectivity index (χ1n) is 4.27. The largest absolute Gasteiger partial charge is 0.323 e. The van der Waals surface area contributed by atoms with Gasteiger partial charge in [0.25, 0.3) is 0 Å². The second kappa shape index (κ2) is 5.09. The van der Waals surface area contributed by atoms with Gasteiger partial charge in [0.05, 0.1) is 5.69 Å². The van der Waals surface area contributed by atoms with E-state index in [1.54, 1.807) is 13.0 Å². The second-order valence-corrected chi connectivity index (χ2v) is 2.72. The number of hydrogen-bond donors (Lipinski definition) is 2. The Kier molecular flexibility index (Phi) is 3.79. The maximum atomic E-state index is 13.0. The lowest BCUT2D eigenvalue weighted by Gasteiger charge is -2.05. The first-order chi connectivity index (χ1) is 7.13. The van der Waals surface area contributed by atoms with E-state index in [1.807, 2.05) is 0 Å². The average Bonchev–Trinajstić information content (AvgIpc) is 2.19. The van der Waals surface area contributed by atoms with Crippen molar-refractivity contribution in [1.82, 2.24) is 5.32 Å². The van der Waals surface area contributed by atoms with Gasteiger partial charge in [0.15, 0.2) is 0 Å². The molecule has 0 atom stereocenters. The van der Waals surface area contributed by atoms with Crippen LogP contribution in [0.1, 0.15) is 6.92 Å². The van der Waals surface area contributed by atoms with Crippen LogP contribution in [0.5, 0.6) is 0 Å². The van der Waals surface area contributed by atoms with Gasteiger partial charge in [-0.3, -0.25) is 0 Å². The van der Waals surface area contributed by atoms with E-state index in [9.17, 15) is 13.6 Å². The molecule has 1 aromatic rings. The SMILES string of the molecule is C/C=C/NC(=O)Nc1ccc(F)cc1F. The van der Waals surface area contributed by atoms with Crippen molar-refractivity contribution in [2.75, 3.05) is 5.32 Å². The predicted octanol–water partition coefficient (Wildman–Crippen LogP) is 2.62. The molecule has 0 aliphatic heterocycles. The van der Waals surface area contributed by atoms with Gasteiger partial charge in [-0.2, -0.15) is 0 Å². The van der Waals surface area contributed by atoms with E-state index in [-0.39, 0.29) is 5.69 Å². The number of nitrogens with one attached hydrogen (secondary N) is 2. The van der Waals surface area contributed by atoms with Crippen LogP contribution in [0.25, 0.3) is 0 Å². The first-order valence-corrected chi connectivity index (χ1v) is 4.27. The third-order valence-electron chi connectivity index (χ3n) is 1.56. The van der Waals surface area contributed by atoms with Gasteiger partial charge in [0, 0.05) is 12.3 Å². The lowest BCUT2D eigenvalue weighted by Crippen LogP contribution is -2.24. The molecule has 0 saturated heterocycles. The standard InChI is InChI=1S/C10H10F2N2O/c1-2-5-13-10(15)14-9-4-3-7(11)6-8(9)12/h2-6H,1H3,(H2,13,14,15)/b5-2+. The zero-order chi connectivity index (χ0) is 11.3. The smallest absolute Gasteiger partial charge is 0.315 e. The molecule has 0 aliphatic rings. The summed E-state index contributed by atoms with van der Waals surface area (Å²) in [4.78, 5) is 11.1. The molecule has 0 saturated carbocycles. The van der Waals surface area contributed by atoms with Gasteiger partial charge < -0.3 is 10.6 Å². The number of carbonyl (C=O) groups is 1. The van der Waals surface area contributed by atoms with Crippen LogP contribution in [0.2, 0.25) is 0 Å². The minimum absolute atomic E-state index is 0.0709. The monoisotopic (exact) mass is 212 g/mol. The fraction of sp³-hybridized carbons (Fsp3) is 0.100. The Bertz CT molecular complexity index is 391. The van der Waals surface area contributed by atoms with Crippen molar-refractivity contribution in [1.29, 1.82) is 0 Å². The van der Waals surface area contributed by atoms with Gasteiger partial charge in [-0.15, -0.1) is 0 Å². The molecule has 5 heteroatoms. The van der Waals surface area contributed by atoms with Gasteiger partial charge in [-0.25, -0.2) is 13.6 Å². The number of allylic oxidation sites excluding steroid dienone is 1. The number of urea groups is 1. The highest BCUT2D eigenvalue weighted by Gasteiger charge is 2.05. The molecule has 2 amide bonds. The number of rotatable bonds is 2. The Morgan fingerprint density at radius 1 is 1.40 bits per heavy atom. The summed E-state index contributed by atoms with van der Waals surface area (Å²) in [5, 5.41) is 4.56. The zero-order valence-electron chi connectivity index (χ0n) is 8.05. The van der Waals surface area contributed by atoms with Crippen LogP contribution in [0.15, 0.2) is 30.5 Å². The molecule has 3 nitrogen and oxygen atoms in total. The third-order valence-corrected chi connectivity index (χ3v) is 1.56. The van der Waals surface area contributed by atoms with Crippen molar-refractivity contribution in [3.8, 4) is 0 Å². The summed E-state index contributed by atoms with van der Waals surface area (Å²) in [6.07, 6.45) is 3.01. The molecular weight excluding hydrogens is 202 g/mol. The van der Waals surface area contributed by atoms with E-state index in [1.165, 1.54) is 6.20 Å². The molecule has 1 aromatic carbocycles. The Labute approximate surface area is 85.8 Å². The summed E-state index contributed by atoms with van der Waals surface area (Å²) in [5.41, 5.74) is -0.0709. The highest BCUT2D eigenvalue weighted by Crippen LogP contribution is 2.14. The van der Waals surface area contributed by atoms with Crippen LogP contribution in [0.4, 0.5) is 19.3 Å². The minimum atomic E-state index is -0.814. The van der Waals surface area contributed by atoms with Crippen LogP contribution in [-0.2, 0) is 0 Å². The summed E-state index contributed by atoms with van der Waals surface area (Å²) >= 11 is 0. The Balaban J connectivity index is 2.68. The summed E-state index contributed by atoms with van der Waals surface area (Å²) in [6, 6.07) is 2.33. The number of hydrogen-bond acceptors (Lipinski definition) is 1. The van der Waals surface area contributed by atoms with Gasteiger partial charge in [-0.05, 0) is 19.1 Å². The molecule has 15 heavy (non-hydrogen) atoms. The molecule has 80 valence electrons. The molecule has 0 unspecified atom stereocenters. The lowest BCUT2D eigenvalue weighted by atomic mass is 10.3. The lowest BCUT2D eigenvalue weighted by molar-refractivity contribution is 0.255. The first kappa shape index (κ1) is 11.2. The van der Waals surface area contributed by atoms with Crippen LogP contribution in [0, 0.1) is 11.6 Å². The molecule has 1 rings (SSSR count). The van der Waals surface area contributed by atoms with Crippen molar-refractivity contribution in [3.63, 3.8) is 0 Å². The molecule has 0 spiro atoms. The summed E-state index contributed by atoms with van der Waals surface area (Å²) in [6.45, 7) is 1.72. The Morgan fingerprint density at radius 2 is 2.13 bits per heavy atom. The molecule has 0 fully saturated rings. The topological polar surface area (TPSA) is 41.1 Å². The van der Waals surface area contributed by atoms with Crippen molar-refractivity contribution in [2.24, 2.45) is 0 Å². The van der Waals surface area contributed by atoms with Crippen molar-refractivity contribution in [2.45, 2.75) is 6.92 Å². The second-order valence-electron chi connectivity index (χ2n) is 2.72. The number of anilines is 1. The van der Waals surface area contributed by atoms with Crippen LogP contribution < -0.4 is 10.6 Å². The average molecular weight is 212 g/mol. The molecule has 0 aliphatic carbocycles. The van der Waals surface area contributed by atoms with Gasteiger partial charge in [0.2, 0.25) is 0 Å². The zero-order valence-corrected chi connectivity index (χ0v) is 8.05. The van der Waals surface area contributed by atoms with E-state index in [4.69, 9.17) is 0 Å². The number of benzene rings is 1. The fourth-order valence-electron chi connectivity index (χ4n) is 0.908. The van der Waals surface area contributed by atoms with Gasteiger partial charge >= 0.3 is 6.03 Å². The minimum Gasteiger partial charge on any atom is -0.315 e. The molecule has 2 N–H and O–H groups in total. The number of carbonyl (C=O) groups excluding carboxylic acids is 1. The fourth-order valence-corrected chi connectivity index (χ4v) is 0.908. The van der Waals surface area contributed by atoms with Gasteiger partial charge in [-0.1, -0.05) is 6.08 Å². The van der Waals surface area contributed by atoms with Gasteiger partial charge in [0.1, 0.15) is 11.6 Å². The van der Waals surface area contributed by atoms with Crippen molar-refractivity contribution in [3.05, 3.63) is 42.1 Å². The highest BCUT2D eigenvalue weighted by atomic mass is 19.1. The molecular formula is C10H10F2N2O. The highest BCUT2D eigenvalue weighted by molar-refractivity contribution is 5.89. The predicted molar refractivity (Wildman–Crippen MR) is 53.3 cm³/mol. The van der Waals surface area contributed by atoms with Crippen molar-refractivity contribution >= 4 is 11.7 Å². The van der Waals surface area contributed by atoms with Crippen LogP contribution >= 0.6 is 0 Å². The number of amides is 2. The summed E-state index contributed by atoms with van der Waals surface area (Å²) < 4.78 is 25.5. The molecule has 0 bridgehead atoms. The molecule has 0 aromatic heterocycles. The van der Waals surface area contributed by atoms with E-state index in [0.717, 1.165) is 12.1 Å². The van der Waals surface area contributed by atoms with Crippen molar-refractivity contribution < 1.29 is 13.6 Å². The van der Waals surface area contributed by atoms with Crippen LogP contribution in [-0.4, -0.2) is 6.03 Å². The number of halogens is 2. The summed E-state index contributed by atoms with van der Waals surface area (Å²) in [7, 11) is 0. The maximum absolute atomic E-state index is 13.0. The maximum Gasteiger partial charge on any atom is 0.323 e. The van der Waals surface area contributed by atoms with E-state index >= 15 is 0 Å². The summed E-state index contributed by atoms with van der Waals surface area (Å²) in [5.74, 6) is -1.50. The van der Waals surface area contributed by atoms with E-state index < -0.39 is 17.7 Å². The van der Waals surface area contributed by atoms with E-state index in [2.05, 4.69) is 10.6 Å².